The van der Waals surface area contributed by atoms with Crippen LogP contribution in [0.5, 0.6) is 0 Å². The van der Waals surface area contributed by atoms with Crippen LogP contribution >= 0.6 is 0 Å². The van der Waals surface area contributed by atoms with Gasteiger partial charge in [0, 0.05) is 20.0 Å². The third-order valence-corrected chi connectivity index (χ3v) is 6.16. The Kier molecular flexibility index (Phi) is 11.4. The number of aliphatic hydroxyl groups is 5. The number of hydrogen-bond donors (Lipinski definition) is 8. The van der Waals surface area contributed by atoms with Crippen LogP contribution in [0.1, 0.15) is 6.92 Å². The fourth-order valence-electron chi connectivity index (χ4n) is 3.73. The molecule has 15 nitrogen and oxygen atoms in total. The normalized spacial score (nSPS) is 38.1. The number of amides is 1. The summed E-state index contributed by atoms with van der Waals surface area (Å²) in [6.07, 6.45) is -11.8. The molecule has 0 spiro atoms. The first kappa shape index (κ1) is 29.9. The SMILES string of the molecule is C=CCO[C@H]1O[C@H](CO)[C@@H](O[C@@H]2O[C@H](CNCCS(=O)(=O)O)[C@H](O)[C@H](O)[C@H]2O)[C@H](O)[C@H]1NC(C)=O. The smallest absolute Gasteiger partial charge is 0.266 e. The topological polar surface area (TPSA) is 234 Å². The molecule has 8 N–H and O–H groups in total. The minimum absolute atomic E-state index is 0.0118. The molecular formula is C19H34N2O13S. The van der Waals surface area contributed by atoms with Crippen molar-refractivity contribution in [2.75, 3.05) is 32.1 Å². The summed E-state index contributed by atoms with van der Waals surface area (Å²) in [5, 5.41) is 56.7. The van der Waals surface area contributed by atoms with Crippen LogP contribution in [-0.4, -0.2) is 138 Å². The van der Waals surface area contributed by atoms with E-state index in [4.69, 9.17) is 23.5 Å². The van der Waals surface area contributed by atoms with Crippen molar-refractivity contribution in [2.45, 2.75) is 68.3 Å². The highest BCUT2D eigenvalue weighted by Gasteiger charge is 2.51. The van der Waals surface area contributed by atoms with Crippen molar-refractivity contribution in [3.8, 4) is 0 Å². The van der Waals surface area contributed by atoms with Crippen LogP contribution in [0.15, 0.2) is 12.7 Å². The van der Waals surface area contributed by atoms with Crippen LogP contribution in [-0.2, 0) is 33.9 Å². The van der Waals surface area contributed by atoms with Crippen LogP contribution in [0.2, 0.25) is 0 Å². The molecule has 2 rings (SSSR count). The molecule has 0 radical (unpaired) electrons. The first-order chi connectivity index (χ1) is 16.4. The predicted octanol–water partition coefficient (Wildman–Crippen LogP) is -4.56. The summed E-state index contributed by atoms with van der Waals surface area (Å²) in [5.74, 6) is -1.13. The Labute approximate surface area is 202 Å². The number of hydrogen-bond acceptors (Lipinski definition) is 13. The van der Waals surface area contributed by atoms with Crippen LogP contribution < -0.4 is 10.6 Å². The fourth-order valence-corrected chi connectivity index (χ4v) is 4.13. The third kappa shape index (κ3) is 8.38. The van der Waals surface area contributed by atoms with Gasteiger partial charge in [0.15, 0.2) is 12.6 Å². The van der Waals surface area contributed by atoms with Crippen LogP contribution in [0.3, 0.4) is 0 Å². The van der Waals surface area contributed by atoms with Gasteiger partial charge >= 0.3 is 0 Å². The van der Waals surface area contributed by atoms with Gasteiger partial charge in [0.2, 0.25) is 5.91 Å². The molecule has 10 atom stereocenters. The largest absolute Gasteiger partial charge is 0.394 e. The minimum atomic E-state index is -4.22. The molecule has 2 heterocycles. The molecule has 35 heavy (non-hydrogen) atoms. The maximum absolute atomic E-state index is 11.7. The molecule has 2 aliphatic rings. The maximum Gasteiger partial charge on any atom is 0.266 e. The number of carbonyl (C=O) groups excluding carboxylic acids is 1. The number of carbonyl (C=O) groups is 1. The lowest BCUT2D eigenvalue weighted by atomic mass is 9.95. The van der Waals surface area contributed by atoms with Gasteiger partial charge in [0.1, 0.15) is 48.8 Å². The number of aliphatic hydroxyl groups excluding tert-OH is 5. The molecule has 0 aromatic heterocycles. The first-order valence-electron chi connectivity index (χ1n) is 10.8. The molecule has 2 fully saturated rings. The Morgan fingerprint density at radius 2 is 1.71 bits per heavy atom. The van der Waals surface area contributed by atoms with E-state index in [9.17, 15) is 38.7 Å². The molecule has 0 unspecified atom stereocenters. The van der Waals surface area contributed by atoms with Crippen molar-refractivity contribution < 1.29 is 62.2 Å². The minimum Gasteiger partial charge on any atom is -0.394 e. The van der Waals surface area contributed by atoms with Crippen molar-refractivity contribution in [1.29, 1.82) is 0 Å². The van der Waals surface area contributed by atoms with Crippen molar-refractivity contribution in [2.24, 2.45) is 0 Å². The van der Waals surface area contributed by atoms with E-state index in [0.29, 0.717) is 0 Å². The lowest BCUT2D eigenvalue weighted by Crippen LogP contribution is -2.67. The molecule has 204 valence electrons. The Balaban J connectivity index is 2.14. The Hall–Kier alpha value is -1.28. The second-order valence-electron chi connectivity index (χ2n) is 8.17. The Bertz CT molecular complexity index is 800. The summed E-state index contributed by atoms with van der Waals surface area (Å²) < 4.78 is 52.7. The molecule has 16 heteroatoms. The van der Waals surface area contributed by atoms with Crippen LogP contribution in [0.4, 0.5) is 0 Å². The zero-order chi connectivity index (χ0) is 26.3. The van der Waals surface area contributed by atoms with E-state index >= 15 is 0 Å². The molecule has 0 bridgehead atoms. The molecule has 0 aliphatic carbocycles. The number of nitrogens with one attached hydrogen (secondary N) is 2. The van der Waals surface area contributed by atoms with E-state index in [1.165, 1.54) is 13.0 Å². The molecular weight excluding hydrogens is 496 g/mol. The molecule has 2 aliphatic heterocycles. The summed E-state index contributed by atoms with van der Waals surface area (Å²) in [6.45, 7) is 3.68. The molecule has 1 amide bonds. The van der Waals surface area contributed by atoms with Crippen LogP contribution in [0, 0.1) is 0 Å². The summed E-state index contributed by atoms with van der Waals surface area (Å²) >= 11 is 0. The third-order valence-electron chi connectivity index (χ3n) is 5.44. The lowest BCUT2D eigenvalue weighted by Gasteiger charge is -2.47. The van der Waals surface area contributed by atoms with E-state index in [-0.39, 0.29) is 19.7 Å². The van der Waals surface area contributed by atoms with Gasteiger partial charge in [0.05, 0.1) is 19.0 Å². The summed E-state index contributed by atoms with van der Waals surface area (Å²) in [4.78, 5) is 11.7. The van der Waals surface area contributed by atoms with Gasteiger partial charge < -0.3 is 55.1 Å². The zero-order valence-corrected chi connectivity index (χ0v) is 19.9. The van der Waals surface area contributed by atoms with E-state index in [1.807, 2.05) is 0 Å². The van der Waals surface area contributed by atoms with Gasteiger partial charge in [0.25, 0.3) is 10.1 Å². The van der Waals surface area contributed by atoms with Gasteiger partial charge in [-0.1, -0.05) is 6.08 Å². The summed E-state index contributed by atoms with van der Waals surface area (Å²) in [6, 6.07) is -1.14. The van der Waals surface area contributed by atoms with Gasteiger partial charge in [-0.15, -0.1) is 6.58 Å². The van der Waals surface area contributed by atoms with Gasteiger partial charge in [-0.2, -0.15) is 8.42 Å². The first-order valence-corrected chi connectivity index (χ1v) is 12.5. The summed E-state index contributed by atoms with van der Waals surface area (Å²) in [7, 11) is -4.22. The molecule has 2 saturated heterocycles. The van der Waals surface area contributed by atoms with E-state index in [1.54, 1.807) is 0 Å². The average molecular weight is 531 g/mol. The van der Waals surface area contributed by atoms with Gasteiger partial charge in [-0.05, 0) is 0 Å². The molecule has 0 saturated carbocycles. The van der Waals surface area contributed by atoms with Crippen molar-refractivity contribution in [3.05, 3.63) is 12.7 Å². The standard InChI is InChI=1S/C19H34N2O13S/c1-3-5-31-18-12(21-9(2)23)14(25)17(11(8-22)33-18)34-19-16(27)15(26)13(24)10(32-19)7-20-4-6-35(28,29)30/h3,10-20,22,24-27H,1,4-8H2,2H3,(H,21,23)(H,28,29,30)/t10-,11-,12-,13+,14-,15+,16-,17-,18+,19+/m1/s1. The average Bonchev–Trinajstić information content (AvgIpc) is 2.78. The quantitative estimate of drug-likeness (QED) is 0.0674. The second kappa shape index (κ2) is 13.3. The predicted molar refractivity (Wildman–Crippen MR) is 116 cm³/mol. The van der Waals surface area contributed by atoms with Gasteiger partial charge in [-0.3, -0.25) is 9.35 Å². The van der Waals surface area contributed by atoms with E-state index in [2.05, 4.69) is 17.2 Å². The lowest BCUT2D eigenvalue weighted by molar-refractivity contribution is -0.345. The van der Waals surface area contributed by atoms with Crippen molar-refractivity contribution in [3.63, 3.8) is 0 Å². The number of rotatable bonds is 12. The van der Waals surface area contributed by atoms with E-state index in [0.717, 1.165) is 0 Å². The highest BCUT2D eigenvalue weighted by atomic mass is 32.2. The van der Waals surface area contributed by atoms with Crippen molar-refractivity contribution >= 4 is 16.0 Å². The monoisotopic (exact) mass is 530 g/mol. The second-order valence-corrected chi connectivity index (χ2v) is 9.74. The van der Waals surface area contributed by atoms with Crippen LogP contribution in [0.25, 0.3) is 0 Å². The highest BCUT2D eigenvalue weighted by Crippen LogP contribution is 2.29. The highest BCUT2D eigenvalue weighted by molar-refractivity contribution is 7.85. The zero-order valence-electron chi connectivity index (χ0n) is 19.0. The van der Waals surface area contributed by atoms with E-state index < -0.39 is 89.7 Å². The number of ether oxygens (including phenoxy) is 4. The fraction of sp³-hybridized carbons (Fsp3) is 0.842. The van der Waals surface area contributed by atoms with Gasteiger partial charge in [-0.25, -0.2) is 0 Å². The Morgan fingerprint density at radius 1 is 1.06 bits per heavy atom. The maximum atomic E-state index is 11.7. The summed E-state index contributed by atoms with van der Waals surface area (Å²) in [5.41, 5.74) is 0. The van der Waals surface area contributed by atoms with Crippen molar-refractivity contribution in [1.82, 2.24) is 10.6 Å². The Morgan fingerprint density at radius 3 is 2.29 bits per heavy atom. The molecule has 0 aromatic rings. The molecule has 0 aromatic carbocycles.